The van der Waals surface area contributed by atoms with Gasteiger partial charge in [0, 0.05) is 7.05 Å². The quantitative estimate of drug-likeness (QED) is 0.854. The SMILES string of the molecule is Cc1nsc(/N=N/c2c(C)nc(NS(C)(=O)=O)n2C)c1C#N. The first-order chi connectivity index (χ1) is 10.2. The lowest BCUT2D eigenvalue weighted by Crippen LogP contribution is -2.13. The topological polar surface area (TPSA) is 125 Å². The maximum absolute atomic E-state index is 11.3. The molecule has 0 amide bonds. The monoisotopic (exact) mass is 339 g/mol. The van der Waals surface area contributed by atoms with Crippen LogP contribution >= 0.6 is 11.5 Å². The maximum Gasteiger partial charge on any atom is 0.232 e. The number of rotatable bonds is 4. The summed E-state index contributed by atoms with van der Waals surface area (Å²) in [5.41, 5.74) is 1.49. The van der Waals surface area contributed by atoms with E-state index >= 15 is 0 Å². The number of aromatic nitrogens is 3. The Balaban J connectivity index is 2.38. The molecule has 0 aliphatic heterocycles. The van der Waals surface area contributed by atoms with Gasteiger partial charge in [0.2, 0.25) is 16.0 Å². The Morgan fingerprint density at radius 1 is 1.32 bits per heavy atom. The predicted octanol–water partition coefficient (Wildman–Crippen LogP) is 2.15. The van der Waals surface area contributed by atoms with E-state index in [1.165, 1.54) is 4.57 Å². The number of anilines is 1. The highest BCUT2D eigenvalue weighted by molar-refractivity contribution is 7.92. The molecule has 11 heteroatoms. The molecule has 2 heterocycles. The first kappa shape index (κ1) is 16.1. The molecule has 0 unspecified atom stereocenters. The first-order valence-electron chi connectivity index (χ1n) is 6.02. The van der Waals surface area contributed by atoms with Crippen molar-refractivity contribution < 1.29 is 8.42 Å². The Labute approximate surface area is 131 Å². The first-order valence-corrected chi connectivity index (χ1v) is 8.68. The van der Waals surface area contributed by atoms with Crippen molar-refractivity contribution in [1.29, 1.82) is 5.26 Å². The molecule has 0 radical (unpaired) electrons. The van der Waals surface area contributed by atoms with E-state index in [1.807, 2.05) is 6.07 Å². The zero-order valence-electron chi connectivity index (χ0n) is 12.3. The van der Waals surface area contributed by atoms with Crippen molar-refractivity contribution in [1.82, 2.24) is 13.9 Å². The molecule has 116 valence electrons. The average Bonchev–Trinajstić information content (AvgIpc) is 2.87. The second-order valence-electron chi connectivity index (χ2n) is 4.54. The number of nitrogens with one attached hydrogen (secondary N) is 1. The Kier molecular flexibility index (Phi) is 4.25. The van der Waals surface area contributed by atoms with Gasteiger partial charge in [-0.1, -0.05) is 0 Å². The molecule has 0 saturated carbocycles. The molecule has 0 atom stereocenters. The molecule has 0 bridgehead atoms. The molecule has 9 nitrogen and oxygen atoms in total. The van der Waals surface area contributed by atoms with Crippen molar-refractivity contribution in [2.24, 2.45) is 17.3 Å². The molecule has 22 heavy (non-hydrogen) atoms. The number of nitrogens with zero attached hydrogens (tertiary/aromatic N) is 6. The van der Waals surface area contributed by atoms with Crippen LogP contribution in [0.5, 0.6) is 0 Å². The molecule has 0 aliphatic carbocycles. The molecule has 0 fully saturated rings. The van der Waals surface area contributed by atoms with Crippen LogP contribution in [0.3, 0.4) is 0 Å². The lowest BCUT2D eigenvalue weighted by atomic mass is 10.3. The van der Waals surface area contributed by atoms with E-state index < -0.39 is 10.0 Å². The third-order valence-electron chi connectivity index (χ3n) is 2.70. The highest BCUT2D eigenvalue weighted by Gasteiger charge is 2.15. The number of imidazole rings is 1. The second kappa shape index (κ2) is 5.82. The summed E-state index contributed by atoms with van der Waals surface area (Å²) in [6.45, 7) is 3.41. The summed E-state index contributed by atoms with van der Waals surface area (Å²) in [5, 5.41) is 17.5. The number of hydrogen-bond acceptors (Lipinski definition) is 8. The van der Waals surface area contributed by atoms with Gasteiger partial charge in [-0.25, -0.2) is 13.4 Å². The van der Waals surface area contributed by atoms with Crippen LogP contribution in [0.4, 0.5) is 16.8 Å². The summed E-state index contributed by atoms with van der Waals surface area (Å²) in [6, 6.07) is 2.03. The largest absolute Gasteiger partial charge is 0.296 e. The molecule has 2 aromatic heterocycles. The Bertz CT molecular complexity index is 886. The summed E-state index contributed by atoms with van der Waals surface area (Å²) in [4.78, 5) is 4.10. The molecular formula is C11H13N7O2S2. The summed E-state index contributed by atoms with van der Waals surface area (Å²) in [6.07, 6.45) is 1.04. The van der Waals surface area contributed by atoms with Gasteiger partial charge in [-0.15, -0.1) is 10.2 Å². The molecular weight excluding hydrogens is 326 g/mol. The van der Waals surface area contributed by atoms with Gasteiger partial charge in [-0.05, 0) is 25.4 Å². The molecule has 0 aliphatic rings. The van der Waals surface area contributed by atoms with Gasteiger partial charge in [0.1, 0.15) is 11.6 Å². The number of azo groups is 1. The molecule has 0 spiro atoms. The van der Waals surface area contributed by atoms with E-state index in [1.54, 1.807) is 20.9 Å². The second-order valence-corrected chi connectivity index (χ2v) is 7.04. The van der Waals surface area contributed by atoms with Crippen LogP contribution in [0, 0.1) is 25.2 Å². The van der Waals surface area contributed by atoms with Crippen LogP contribution in [0.1, 0.15) is 17.0 Å². The zero-order valence-corrected chi connectivity index (χ0v) is 13.9. The molecule has 2 aromatic rings. The zero-order chi connectivity index (χ0) is 16.5. The van der Waals surface area contributed by atoms with Gasteiger partial charge < -0.3 is 0 Å². The average molecular weight is 339 g/mol. The summed E-state index contributed by atoms with van der Waals surface area (Å²) in [5.74, 6) is 0.538. The molecule has 2 rings (SSSR count). The Hall–Kier alpha value is -2.32. The van der Waals surface area contributed by atoms with Gasteiger partial charge in [0.15, 0.2) is 10.8 Å². The maximum atomic E-state index is 11.3. The van der Waals surface area contributed by atoms with Crippen LogP contribution in [0.2, 0.25) is 0 Å². The highest BCUT2D eigenvalue weighted by Crippen LogP contribution is 2.30. The van der Waals surface area contributed by atoms with Crippen LogP contribution in [0.15, 0.2) is 10.2 Å². The predicted molar refractivity (Wildman–Crippen MR) is 82.2 cm³/mol. The minimum atomic E-state index is -3.43. The molecule has 0 saturated heterocycles. The van der Waals surface area contributed by atoms with E-state index in [2.05, 4.69) is 24.3 Å². The van der Waals surface area contributed by atoms with E-state index in [0.717, 1.165) is 17.8 Å². The van der Waals surface area contributed by atoms with Crippen LogP contribution in [-0.4, -0.2) is 28.6 Å². The van der Waals surface area contributed by atoms with Gasteiger partial charge >= 0.3 is 0 Å². The van der Waals surface area contributed by atoms with Crippen LogP contribution in [0.25, 0.3) is 0 Å². The van der Waals surface area contributed by atoms with E-state index in [0.29, 0.717) is 27.8 Å². The summed E-state index contributed by atoms with van der Waals surface area (Å²) in [7, 11) is -1.82. The fourth-order valence-corrected chi connectivity index (χ4v) is 2.86. The lowest BCUT2D eigenvalue weighted by molar-refractivity contribution is 0.606. The number of nitriles is 1. The van der Waals surface area contributed by atoms with E-state index in [-0.39, 0.29) is 5.95 Å². The van der Waals surface area contributed by atoms with Crippen LogP contribution < -0.4 is 4.72 Å². The van der Waals surface area contributed by atoms with E-state index in [9.17, 15) is 8.42 Å². The minimum Gasteiger partial charge on any atom is -0.296 e. The van der Waals surface area contributed by atoms with Crippen molar-refractivity contribution in [3.63, 3.8) is 0 Å². The Morgan fingerprint density at radius 3 is 2.59 bits per heavy atom. The summed E-state index contributed by atoms with van der Waals surface area (Å²) < 4.78 is 30.4. The van der Waals surface area contributed by atoms with Gasteiger partial charge in [-0.2, -0.15) is 9.64 Å². The van der Waals surface area contributed by atoms with Gasteiger partial charge in [-0.3, -0.25) is 9.29 Å². The van der Waals surface area contributed by atoms with Gasteiger partial charge in [0.05, 0.1) is 17.6 Å². The third kappa shape index (κ3) is 3.29. The summed E-state index contributed by atoms with van der Waals surface area (Å²) >= 11 is 1.07. The highest BCUT2D eigenvalue weighted by atomic mass is 32.2. The lowest BCUT2D eigenvalue weighted by Gasteiger charge is -2.03. The standard InChI is InChI=1S/C11H13N7O2S2/c1-6-8(5-12)10(21-16-6)15-14-9-7(2)13-11(18(9)3)17-22(4,19)20/h1-4H3,(H,13,17)/b15-14+. The number of aryl methyl sites for hydroxylation is 2. The fraction of sp³-hybridized carbons (Fsp3) is 0.364. The molecule has 1 N–H and O–H groups in total. The molecule has 0 aromatic carbocycles. The normalized spacial score (nSPS) is 11.8. The van der Waals surface area contributed by atoms with Crippen molar-refractivity contribution in [2.75, 3.05) is 11.0 Å². The minimum absolute atomic E-state index is 0.148. The van der Waals surface area contributed by atoms with Crippen LogP contribution in [-0.2, 0) is 17.1 Å². The smallest absolute Gasteiger partial charge is 0.232 e. The number of hydrogen-bond donors (Lipinski definition) is 1. The van der Waals surface area contributed by atoms with Crippen molar-refractivity contribution in [3.05, 3.63) is 17.0 Å². The number of sulfonamides is 1. The Morgan fingerprint density at radius 2 is 2.00 bits per heavy atom. The van der Waals surface area contributed by atoms with E-state index in [4.69, 9.17) is 5.26 Å². The third-order valence-corrected chi connectivity index (χ3v) is 4.08. The van der Waals surface area contributed by atoms with Crippen molar-refractivity contribution >= 4 is 38.3 Å². The van der Waals surface area contributed by atoms with Crippen molar-refractivity contribution in [3.8, 4) is 6.07 Å². The van der Waals surface area contributed by atoms with Crippen molar-refractivity contribution in [2.45, 2.75) is 13.8 Å². The fourth-order valence-electron chi connectivity index (χ4n) is 1.67. The van der Waals surface area contributed by atoms with Gasteiger partial charge in [0.25, 0.3) is 0 Å².